The molecule has 3 N–H and O–H groups in total. The van der Waals surface area contributed by atoms with Crippen LogP contribution in [0.3, 0.4) is 0 Å². The number of carbonyl (C=O) groups is 1. The number of aryl methyl sites for hydroxylation is 1. The van der Waals surface area contributed by atoms with Crippen molar-refractivity contribution in [2.45, 2.75) is 24.7 Å². The average Bonchev–Trinajstić information content (AvgIpc) is 2.72. The molecule has 2 aromatic rings. The van der Waals surface area contributed by atoms with E-state index in [0.717, 1.165) is 5.56 Å². The number of nitrogens with one attached hydrogen (secondary N) is 2. The molecule has 1 saturated heterocycles. The van der Waals surface area contributed by atoms with E-state index < -0.39 is 10.0 Å². The number of nitrogens with zero attached hydrogens (tertiary/aromatic N) is 1. The lowest BCUT2D eigenvalue weighted by molar-refractivity contribution is -0.126. The Labute approximate surface area is 171 Å². The van der Waals surface area contributed by atoms with Crippen LogP contribution in [0, 0.1) is 12.8 Å². The zero-order valence-electron chi connectivity index (χ0n) is 16.3. The number of phenolic OH excluding ortho intramolecular Hbond substituents is 1. The minimum Gasteiger partial charge on any atom is -0.507 e. The van der Waals surface area contributed by atoms with Crippen molar-refractivity contribution >= 4 is 21.6 Å². The Hall–Kier alpha value is -2.84. The van der Waals surface area contributed by atoms with Gasteiger partial charge in [0.05, 0.1) is 10.6 Å². The first-order valence-corrected chi connectivity index (χ1v) is 10.8. The lowest BCUT2D eigenvalue weighted by Crippen LogP contribution is -2.45. The van der Waals surface area contributed by atoms with E-state index in [4.69, 9.17) is 0 Å². The van der Waals surface area contributed by atoms with E-state index in [1.165, 1.54) is 10.4 Å². The van der Waals surface area contributed by atoms with E-state index >= 15 is 0 Å². The van der Waals surface area contributed by atoms with Crippen LogP contribution in [0.15, 0.2) is 60.0 Å². The summed E-state index contributed by atoms with van der Waals surface area (Å²) >= 11 is 0. The molecule has 0 aliphatic carbocycles. The topological polar surface area (TPSA) is 98.7 Å². The lowest BCUT2D eigenvalue weighted by Gasteiger charge is -2.30. The maximum atomic E-state index is 12.8. The SMILES string of the molecule is C=C(NNC(=O)C1CCN(S(=O)(=O)c2ccc(C)cc2)CC1)c1ccccc1O. The van der Waals surface area contributed by atoms with E-state index in [1.54, 1.807) is 42.5 Å². The highest BCUT2D eigenvalue weighted by Crippen LogP contribution is 2.25. The summed E-state index contributed by atoms with van der Waals surface area (Å²) in [5, 5.41) is 9.83. The minimum atomic E-state index is -3.55. The summed E-state index contributed by atoms with van der Waals surface area (Å²) in [7, 11) is -3.55. The molecule has 0 saturated carbocycles. The number of benzene rings is 2. The zero-order valence-corrected chi connectivity index (χ0v) is 17.1. The third kappa shape index (κ3) is 4.78. The smallest absolute Gasteiger partial charge is 0.243 e. The zero-order chi connectivity index (χ0) is 21.0. The summed E-state index contributed by atoms with van der Waals surface area (Å²) < 4.78 is 26.9. The van der Waals surface area contributed by atoms with Crippen molar-refractivity contribution in [3.63, 3.8) is 0 Å². The van der Waals surface area contributed by atoms with Gasteiger partial charge in [0, 0.05) is 24.6 Å². The molecule has 1 amide bonds. The molecule has 0 unspecified atom stereocenters. The second-order valence-corrected chi connectivity index (χ2v) is 9.04. The number of para-hydroxylation sites is 1. The molecule has 1 aliphatic rings. The third-order valence-electron chi connectivity index (χ3n) is 5.05. The maximum Gasteiger partial charge on any atom is 0.243 e. The summed E-state index contributed by atoms with van der Waals surface area (Å²) in [6.07, 6.45) is 0.864. The first kappa shape index (κ1) is 20.9. The second-order valence-electron chi connectivity index (χ2n) is 7.10. The van der Waals surface area contributed by atoms with Crippen molar-refractivity contribution in [2.24, 2.45) is 5.92 Å². The molecule has 8 heteroatoms. The molecule has 1 fully saturated rings. The molecule has 0 aromatic heterocycles. The standard InChI is InChI=1S/C21H25N3O4S/c1-15-7-9-18(10-8-15)29(27,28)24-13-11-17(12-14-24)21(26)23-22-16(2)19-5-3-4-6-20(19)25/h3-10,17,22,25H,2,11-14H2,1H3,(H,23,26). The number of aromatic hydroxyl groups is 1. The predicted molar refractivity (Wildman–Crippen MR) is 111 cm³/mol. The fraction of sp³-hybridized carbons (Fsp3) is 0.286. The quantitative estimate of drug-likeness (QED) is 0.629. The molecule has 1 aliphatic heterocycles. The molecule has 3 rings (SSSR count). The molecule has 154 valence electrons. The van der Waals surface area contributed by atoms with Crippen LogP contribution in [0.25, 0.3) is 5.70 Å². The monoisotopic (exact) mass is 415 g/mol. The van der Waals surface area contributed by atoms with Gasteiger partial charge in [-0.3, -0.25) is 15.6 Å². The van der Waals surface area contributed by atoms with Gasteiger partial charge >= 0.3 is 0 Å². The molecule has 0 spiro atoms. The van der Waals surface area contributed by atoms with E-state index in [0.29, 0.717) is 24.1 Å². The van der Waals surface area contributed by atoms with Gasteiger partial charge in [0.2, 0.25) is 15.9 Å². The Morgan fingerprint density at radius 3 is 2.31 bits per heavy atom. The van der Waals surface area contributed by atoms with E-state index in [9.17, 15) is 18.3 Å². The van der Waals surface area contributed by atoms with Crippen molar-refractivity contribution in [2.75, 3.05) is 13.1 Å². The van der Waals surface area contributed by atoms with E-state index in [2.05, 4.69) is 17.4 Å². The van der Waals surface area contributed by atoms with Crippen molar-refractivity contribution in [1.29, 1.82) is 0 Å². The molecule has 0 bridgehead atoms. The summed E-state index contributed by atoms with van der Waals surface area (Å²) in [6, 6.07) is 13.4. The van der Waals surface area contributed by atoms with Crippen LogP contribution in [-0.2, 0) is 14.8 Å². The maximum absolute atomic E-state index is 12.8. The number of hydrazine groups is 1. The normalized spacial score (nSPS) is 15.6. The van der Waals surface area contributed by atoms with Gasteiger partial charge < -0.3 is 5.11 Å². The fourth-order valence-corrected chi connectivity index (χ4v) is 4.72. The third-order valence-corrected chi connectivity index (χ3v) is 6.96. The Kier molecular flexibility index (Phi) is 6.24. The summed E-state index contributed by atoms with van der Waals surface area (Å²) in [5.74, 6) is -0.466. The van der Waals surface area contributed by atoms with Gasteiger partial charge in [-0.1, -0.05) is 36.4 Å². The summed E-state index contributed by atoms with van der Waals surface area (Å²) in [4.78, 5) is 12.7. The highest BCUT2D eigenvalue weighted by atomic mass is 32.2. The van der Waals surface area contributed by atoms with Crippen molar-refractivity contribution in [3.05, 3.63) is 66.2 Å². The van der Waals surface area contributed by atoms with Gasteiger partial charge in [0.15, 0.2) is 0 Å². The summed E-state index contributed by atoms with van der Waals surface area (Å²) in [6.45, 7) is 6.29. The molecule has 7 nitrogen and oxygen atoms in total. The lowest BCUT2D eigenvalue weighted by atomic mass is 9.97. The van der Waals surface area contributed by atoms with Crippen molar-refractivity contribution in [1.82, 2.24) is 15.2 Å². The van der Waals surface area contributed by atoms with Crippen LogP contribution in [0.5, 0.6) is 5.75 Å². The highest BCUT2D eigenvalue weighted by molar-refractivity contribution is 7.89. The van der Waals surface area contributed by atoms with Crippen LogP contribution >= 0.6 is 0 Å². The number of sulfonamides is 1. The highest BCUT2D eigenvalue weighted by Gasteiger charge is 2.32. The molecule has 1 heterocycles. The average molecular weight is 416 g/mol. The predicted octanol–water partition coefficient (Wildman–Crippen LogP) is 2.39. The Morgan fingerprint density at radius 1 is 1.07 bits per heavy atom. The van der Waals surface area contributed by atoms with Crippen LogP contribution in [0.2, 0.25) is 0 Å². The number of hydrogen-bond acceptors (Lipinski definition) is 5. The number of carbonyl (C=O) groups excluding carboxylic acids is 1. The van der Waals surface area contributed by atoms with Crippen LogP contribution in [0.4, 0.5) is 0 Å². The molecule has 0 radical (unpaired) electrons. The van der Waals surface area contributed by atoms with Gasteiger partial charge in [-0.15, -0.1) is 0 Å². The molecular weight excluding hydrogens is 390 g/mol. The fourth-order valence-electron chi connectivity index (χ4n) is 3.25. The number of rotatable bonds is 6. The first-order chi connectivity index (χ1) is 13.8. The van der Waals surface area contributed by atoms with E-state index in [-0.39, 0.29) is 35.6 Å². The Balaban J connectivity index is 1.53. The number of piperidine rings is 1. The van der Waals surface area contributed by atoms with Gasteiger partial charge in [-0.25, -0.2) is 8.42 Å². The number of phenols is 1. The molecule has 2 aromatic carbocycles. The van der Waals surface area contributed by atoms with Crippen molar-refractivity contribution < 1.29 is 18.3 Å². The van der Waals surface area contributed by atoms with E-state index in [1.807, 2.05) is 6.92 Å². The van der Waals surface area contributed by atoms with Crippen LogP contribution < -0.4 is 10.9 Å². The molecule has 29 heavy (non-hydrogen) atoms. The molecular formula is C21H25N3O4S. The Bertz CT molecular complexity index is 995. The first-order valence-electron chi connectivity index (χ1n) is 9.39. The van der Waals surface area contributed by atoms with Gasteiger partial charge in [-0.2, -0.15) is 4.31 Å². The van der Waals surface area contributed by atoms with Crippen LogP contribution in [0.1, 0.15) is 24.0 Å². The Morgan fingerprint density at radius 2 is 1.69 bits per heavy atom. The number of hydrogen-bond donors (Lipinski definition) is 3. The van der Waals surface area contributed by atoms with Crippen molar-refractivity contribution in [3.8, 4) is 5.75 Å². The van der Waals surface area contributed by atoms with Gasteiger partial charge in [-0.05, 0) is 44.0 Å². The van der Waals surface area contributed by atoms with Gasteiger partial charge in [0.25, 0.3) is 0 Å². The van der Waals surface area contributed by atoms with Crippen LogP contribution in [-0.4, -0.2) is 36.8 Å². The minimum absolute atomic E-state index is 0.0638. The largest absolute Gasteiger partial charge is 0.507 e. The second kappa shape index (κ2) is 8.67. The summed E-state index contributed by atoms with van der Waals surface area (Å²) in [5.41, 5.74) is 7.19. The van der Waals surface area contributed by atoms with Gasteiger partial charge in [0.1, 0.15) is 5.75 Å². The number of amides is 1. The molecule has 0 atom stereocenters.